The Balaban J connectivity index is 3.04. The van der Waals surface area contributed by atoms with Gasteiger partial charge in [-0.15, -0.1) is 0 Å². The van der Waals surface area contributed by atoms with Crippen molar-refractivity contribution in [1.29, 1.82) is 0 Å². The third-order valence-electron chi connectivity index (χ3n) is 3.14. The highest BCUT2D eigenvalue weighted by Gasteiger charge is 2.31. The van der Waals surface area contributed by atoms with Gasteiger partial charge < -0.3 is 16.4 Å². The van der Waals surface area contributed by atoms with Gasteiger partial charge in [0.1, 0.15) is 0 Å². The smallest absolute Gasteiger partial charge is 0.0512 e. The van der Waals surface area contributed by atoms with Gasteiger partial charge in [-0.1, -0.05) is 0 Å². The molecule has 1 atom stereocenters. The molecule has 1 aromatic heterocycles. The van der Waals surface area contributed by atoms with Crippen molar-refractivity contribution in [1.82, 2.24) is 9.88 Å². The zero-order chi connectivity index (χ0) is 11.6. The highest BCUT2D eigenvalue weighted by molar-refractivity contribution is 5.47. The first-order valence-electron chi connectivity index (χ1n) is 4.99. The summed E-state index contributed by atoms with van der Waals surface area (Å²) in [6, 6.07) is 1.63. The summed E-state index contributed by atoms with van der Waals surface area (Å²) in [6.07, 6.45) is 3.42. The summed E-state index contributed by atoms with van der Waals surface area (Å²) in [6.45, 7) is 4.17. The molecule has 0 bridgehead atoms. The van der Waals surface area contributed by atoms with E-state index in [-0.39, 0.29) is 11.6 Å². The number of nitrogens with two attached hydrogens (primary N) is 2. The van der Waals surface area contributed by atoms with Crippen LogP contribution in [0.25, 0.3) is 0 Å². The first kappa shape index (κ1) is 11.9. The molecule has 0 spiro atoms. The maximum absolute atomic E-state index is 6.21. The van der Waals surface area contributed by atoms with Crippen LogP contribution in [0.15, 0.2) is 18.5 Å². The second kappa shape index (κ2) is 4.16. The van der Waals surface area contributed by atoms with Gasteiger partial charge in [-0.2, -0.15) is 0 Å². The fourth-order valence-corrected chi connectivity index (χ4v) is 1.34. The molecule has 0 saturated heterocycles. The highest BCUT2D eigenvalue weighted by atomic mass is 15.2. The molecule has 4 heteroatoms. The molecular weight excluding hydrogens is 188 g/mol. The van der Waals surface area contributed by atoms with E-state index in [4.69, 9.17) is 11.5 Å². The molecule has 0 aliphatic carbocycles. The third kappa shape index (κ3) is 2.27. The SMILES string of the molecule is CN(C)C(C)(C)C(N)c1cnccc1N. The molecule has 4 nitrogen and oxygen atoms in total. The minimum Gasteiger partial charge on any atom is -0.398 e. The van der Waals surface area contributed by atoms with Gasteiger partial charge in [0.25, 0.3) is 0 Å². The number of pyridine rings is 1. The Bertz CT molecular complexity index is 333. The second-order valence-corrected chi connectivity index (χ2v) is 4.53. The number of aromatic nitrogens is 1. The lowest BCUT2D eigenvalue weighted by molar-refractivity contribution is 0.159. The van der Waals surface area contributed by atoms with Gasteiger partial charge in [-0.3, -0.25) is 4.98 Å². The van der Waals surface area contributed by atoms with E-state index in [1.165, 1.54) is 0 Å². The Labute approximate surface area is 91.3 Å². The summed E-state index contributed by atoms with van der Waals surface area (Å²) in [5, 5.41) is 0. The van der Waals surface area contributed by atoms with Crippen LogP contribution in [0.2, 0.25) is 0 Å². The Morgan fingerprint density at radius 1 is 1.40 bits per heavy atom. The summed E-state index contributed by atoms with van der Waals surface area (Å²) >= 11 is 0. The lowest BCUT2D eigenvalue weighted by Crippen LogP contribution is -2.47. The summed E-state index contributed by atoms with van der Waals surface area (Å²) in [5.41, 5.74) is 13.5. The van der Waals surface area contributed by atoms with Gasteiger partial charge in [-0.05, 0) is 34.0 Å². The van der Waals surface area contributed by atoms with E-state index in [1.54, 1.807) is 18.5 Å². The van der Waals surface area contributed by atoms with Crippen molar-refractivity contribution in [2.24, 2.45) is 5.73 Å². The zero-order valence-corrected chi connectivity index (χ0v) is 9.86. The molecule has 0 saturated carbocycles. The Morgan fingerprint density at radius 2 is 2.00 bits per heavy atom. The molecule has 0 amide bonds. The lowest BCUT2D eigenvalue weighted by atomic mass is 9.88. The van der Waals surface area contributed by atoms with Crippen molar-refractivity contribution in [2.45, 2.75) is 25.4 Å². The van der Waals surface area contributed by atoms with Crippen LogP contribution in [-0.2, 0) is 0 Å². The van der Waals surface area contributed by atoms with Gasteiger partial charge in [0, 0.05) is 29.2 Å². The highest BCUT2D eigenvalue weighted by Crippen LogP contribution is 2.29. The van der Waals surface area contributed by atoms with Crippen LogP contribution in [-0.4, -0.2) is 29.5 Å². The first-order valence-corrected chi connectivity index (χ1v) is 4.99. The molecule has 4 N–H and O–H groups in total. The van der Waals surface area contributed by atoms with Gasteiger partial charge >= 0.3 is 0 Å². The van der Waals surface area contributed by atoms with Gasteiger partial charge in [0.2, 0.25) is 0 Å². The van der Waals surface area contributed by atoms with E-state index in [1.807, 2.05) is 14.1 Å². The van der Waals surface area contributed by atoms with E-state index < -0.39 is 0 Å². The number of hydrogen-bond donors (Lipinski definition) is 2. The van der Waals surface area contributed by atoms with Gasteiger partial charge in [-0.25, -0.2) is 0 Å². The van der Waals surface area contributed by atoms with Crippen molar-refractivity contribution < 1.29 is 0 Å². The zero-order valence-electron chi connectivity index (χ0n) is 9.86. The minimum absolute atomic E-state index is 0.152. The summed E-state index contributed by atoms with van der Waals surface area (Å²) in [5.74, 6) is 0. The van der Waals surface area contributed by atoms with Crippen molar-refractivity contribution in [3.8, 4) is 0 Å². The molecule has 15 heavy (non-hydrogen) atoms. The number of likely N-dealkylation sites (N-methyl/N-ethyl adjacent to an activating group) is 1. The van der Waals surface area contributed by atoms with E-state index in [0.717, 1.165) is 5.56 Å². The molecule has 1 aromatic rings. The summed E-state index contributed by atoms with van der Waals surface area (Å²) < 4.78 is 0. The van der Waals surface area contributed by atoms with Crippen molar-refractivity contribution in [3.05, 3.63) is 24.0 Å². The molecule has 1 unspecified atom stereocenters. The van der Waals surface area contributed by atoms with Crippen molar-refractivity contribution in [3.63, 3.8) is 0 Å². The monoisotopic (exact) mass is 208 g/mol. The molecule has 1 rings (SSSR count). The predicted octanol–water partition coefficient (Wildman–Crippen LogP) is 1.00. The fourth-order valence-electron chi connectivity index (χ4n) is 1.34. The molecule has 0 aliphatic rings. The minimum atomic E-state index is -0.156. The van der Waals surface area contributed by atoms with Crippen LogP contribution in [0.3, 0.4) is 0 Å². The number of nitrogens with zero attached hydrogens (tertiary/aromatic N) is 2. The Hall–Kier alpha value is -1.13. The fraction of sp³-hybridized carbons (Fsp3) is 0.545. The van der Waals surface area contributed by atoms with E-state index in [0.29, 0.717) is 5.69 Å². The van der Waals surface area contributed by atoms with Crippen LogP contribution >= 0.6 is 0 Å². The Morgan fingerprint density at radius 3 is 2.47 bits per heavy atom. The number of rotatable bonds is 3. The number of anilines is 1. The Kier molecular flexibility index (Phi) is 3.31. The van der Waals surface area contributed by atoms with E-state index >= 15 is 0 Å². The average Bonchev–Trinajstić information content (AvgIpc) is 2.17. The summed E-state index contributed by atoms with van der Waals surface area (Å²) in [7, 11) is 4.01. The van der Waals surface area contributed by atoms with Crippen LogP contribution in [0.4, 0.5) is 5.69 Å². The maximum atomic E-state index is 6.21. The van der Waals surface area contributed by atoms with Crippen molar-refractivity contribution >= 4 is 5.69 Å². The molecular formula is C11H20N4. The maximum Gasteiger partial charge on any atom is 0.0512 e. The quantitative estimate of drug-likeness (QED) is 0.777. The summed E-state index contributed by atoms with van der Waals surface area (Å²) in [4.78, 5) is 6.15. The lowest BCUT2D eigenvalue weighted by Gasteiger charge is -2.38. The van der Waals surface area contributed by atoms with Crippen LogP contribution in [0.1, 0.15) is 25.5 Å². The molecule has 0 radical (unpaired) electrons. The largest absolute Gasteiger partial charge is 0.398 e. The van der Waals surface area contributed by atoms with E-state index in [9.17, 15) is 0 Å². The molecule has 84 valence electrons. The standard InChI is InChI=1S/C11H20N4/c1-11(2,15(3)4)10(13)8-7-14-6-5-9(8)12/h5-7,10H,13H2,1-4H3,(H2,12,14). The third-order valence-corrected chi connectivity index (χ3v) is 3.14. The first-order chi connectivity index (χ1) is 6.87. The second-order valence-electron chi connectivity index (χ2n) is 4.53. The normalized spacial score (nSPS) is 14.3. The molecule has 0 aliphatic heterocycles. The van der Waals surface area contributed by atoms with Crippen LogP contribution < -0.4 is 11.5 Å². The van der Waals surface area contributed by atoms with Gasteiger partial charge in [0.15, 0.2) is 0 Å². The molecule has 0 aromatic carbocycles. The van der Waals surface area contributed by atoms with Crippen molar-refractivity contribution in [2.75, 3.05) is 19.8 Å². The van der Waals surface area contributed by atoms with Crippen LogP contribution in [0, 0.1) is 0 Å². The van der Waals surface area contributed by atoms with Gasteiger partial charge in [0.05, 0.1) is 6.04 Å². The van der Waals surface area contributed by atoms with E-state index in [2.05, 4.69) is 23.7 Å². The van der Waals surface area contributed by atoms with Crippen LogP contribution in [0.5, 0.6) is 0 Å². The molecule has 0 fully saturated rings. The number of nitrogen functional groups attached to an aromatic ring is 1. The number of hydrogen-bond acceptors (Lipinski definition) is 4. The molecule has 1 heterocycles. The predicted molar refractivity (Wildman–Crippen MR) is 63.3 cm³/mol. The average molecular weight is 208 g/mol. The topological polar surface area (TPSA) is 68.2 Å².